The van der Waals surface area contributed by atoms with Crippen LogP contribution in [0.1, 0.15) is 0 Å². The van der Waals surface area contributed by atoms with Gasteiger partial charge in [0.15, 0.2) is 0 Å². The summed E-state index contributed by atoms with van der Waals surface area (Å²) in [6, 6.07) is 11.4. The number of nitrogens with zero attached hydrogens (tertiary/aromatic N) is 1. The molecule has 2 N–H and O–H groups in total. The molecule has 6 nitrogen and oxygen atoms in total. The van der Waals surface area contributed by atoms with Gasteiger partial charge < -0.3 is 15.4 Å². The van der Waals surface area contributed by atoms with Gasteiger partial charge in [-0.2, -0.15) is 0 Å². The standard InChI is InChI=1S/C17H15F2N3O3/c18-13-7-4-8-14(19)15(13)21-16(23)20-9-12-10-22(17(24)25-12)11-5-2-1-3-6-11/h1-8,12H,9-10H2,(H2,20,21,23)/t12-/m0/s1. The summed E-state index contributed by atoms with van der Waals surface area (Å²) in [6.07, 6.45) is -1.08. The fourth-order valence-electron chi connectivity index (χ4n) is 2.43. The van der Waals surface area contributed by atoms with E-state index >= 15 is 0 Å². The molecule has 0 unspecified atom stereocenters. The summed E-state index contributed by atoms with van der Waals surface area (Å²) in [5.41, 5.74) is 0.155. The number of nitrogens with one attached hydrogen (secondary N) is 2. The first kappa shape index (κ1) is 16.7. The summed E-state index contributed by atoms with van der Waals surface area (Å²) < 4.78 is 32.1. The summed E-state index contributed by atoms with van der Waals surface area (Å²) in [5.74, 6) is -1.75. The van der Waals surface area contributed by atoms with Crippen molar-refractivity contribution in [1.29, 1.82) is 0 Å². The number of anilines is 2. The maximum absolute atomic E-state index is 13.5. The first-order chi connectivity index (χ1) is 12.0. The first-order valence-electron chi connectivity index (χ1n) is 7.56. The van der Waals surface area contributed by atoms with Gasteiger partial charge in [0, 0.05) is 5.69 Å². The highest BCUT2D eigenvalue weighted by atomic mass is 19.1. The number of urea groups is 1. The minimum absolute atomic E-state index is 0.0109. The summed E-state index contributed by atoms with van der Waals surface area (Å²) in [7, 11) is 0. The predicted octanol–water partition coefficient (Wildman–Crippen LogP) is 3.11. The number of hydrogen-bond acceptors (Lipinski definition) is 3. The van der Waals surface area contributed by atoms with Gasteiger partial charge in [0.05, 0.1) is 13.1 Å². The first-order valence-corrected chi connectivity index (χ1v) is 7.56. The van der Waals surface area contributed by atoms with Crippen molar-refractivity contribution in [3.8, 4) is 0 Å². The van der Waals surface area contributed by atoms with Crippen molar-refractivity contribution in [1.82, 2.24) is 5.32 Å². The molecule has 0 saturated carbocycles. The Bertz CT molecular complexity index is 766. The molecule has 0 aliphatic carbocycles. The Kier molecular flexibility index (Phi) is 4.78. The van der Waals surface area contributed by atoms with Crippen LogP contribution in [0.25, 0.3) is 0 Å². The monoisotopic (exact) mass is 347 g/mol. The SMILES string of the molecule is O=C(NC[C@H]1CN(c2ccccc2)C(=O)O1)Nc1c(F)cccc1F. The van der Waals surface area contributed by atoms with Gasteiger partial charge in [0.25, 0.3) is 0 Å². The lowest BCUT2D eigenvalue weighted by Crippen LogP contribution is -2.37. The van der Waals surface area contributed by atoms with Gasteiger partial charge in [0.1, 0.15) is 23.4 Å². The molecule has 2 aromatic carbocycles. The maximum atomic E-state index is 13.5. The molecule has 1 fully saturated rings. The molecule has 130 valence electrons. The highest BCUT2D eigenvalue weighted by Crippen LogP contribution is 2.21. The van der Waals surface area contributed by atoms with Crippen LogP contribution in [0.5, 0.6) is 0 Å². The Morgan fingerprint density at radius 3 is 2.48 bits per heavy atom. The molecule has 1 atom stereocenters. The highest BCUT2D eigenvalue weighted by Gasteiger charge is 2.32. The van der Waals surface area contributed by atoms with Crippen LogP contribution < -0.4 is 15.5 Å². The molecule has 8 heteroatoms. The molecule has 1 aliphatic heterocycles. The number of ether oxygens (including phenoxy) is 1. The van der Waals surface area contributed by atoms with Gasteiger partial charge >= 0.3 is 12.1 Å². The van der Waals surface area contributed by atoms with E-state index in [1.807, 2.05) is 6.07 Å². The van der Waals surface area contributed by atoms with E-state index in [9.17, 15) is 18.4 Å². The van der Waals surface area contributed by atoms with Gasteiger partial charge in [-0.1, -0.05) is 24.3 Å². The van der Waals surface area contributed by atoms with Crippen molar-refractivity contribution < 1.29 is 23.1 Å². The third-order valence-corrected chi connectivity index (χ3v) is 3.63. The van der Waals surface area contributed by atoms with Gasteiger partial charge in [-0.25, -0.2) is 18.4 Å². The molecule has 0 aromatic heterocycles. The van der Waals surface area contributed by atoms with Crippen LogP contribution in [0.2, 0.25) is 0 Å². The predicted molar refractivity (Wildman–Crippen MR) is 87.4 cm³/mol. The molecule has 2 aromatic rings. The maximum Gasteiger partial charge on any atom is 0.414 e. The quantitative estimate of drug-likeness (QED) is 0.893. The topological polar surface area (TPSA) is 70.7 Å². The second kappa shape index (κ2) is 7.16. The van der Waals surface area contributed by atoms with Crippen LogP contribution in [0, 0.1) is 11.6 Å². The van der Waals surface area contributed by atoms with Crippen molar-refractivity contribution in [2.45, 2.75) is 6.10 Å². The van der Waals surface area contributed by atoms with Gasteiger partial charge in [-0.3, -0.25) is 4.90 Å². The molecule has 1 heterocycles. The van der Waals surface area contributed by atoms with Crippen molar-refractivity contribution in [2.24, 2.45) is 0 Å². The van der Waals surface area contributed by atoms with Crippen LogP contribution in [0.3, 0.4) is 0 Å². The van der Waals surface area contributed by atoms with Crippen LogP contribution in [0.15, 0.2) is 48.5 Å². The number of para-hydroxylation sites is 2. The largest absolute Gasteiger partial charge is 0.442 e. The molecule has 3 amide bonds. The Balaban J connectivity index is 1.54. The number of hydrogen-bond donors (Lipinski definition) is 2. The molecule has 1 aliphatic rings. The van der Waals surface area contributed by atoms with E-state index in [2.05, 4.69) is 10.6 Å². The molecule has 3 rings (SSSR count). The Hall–Kier alpha value is -3.16. The molecule has 1 saturated heterocycles. The van der Waals surface area contributed by atoms with Gasteiger partial charge in [0.2, 0.25) is 0 Å². The Labute approximate surface area is 142 Å². The van der Waals surface area contributed by atoms with Gasteiger partial charge in [-0.15, -0.1) is 0 Å². The summed E-state index contributed by atoms with van der Waals surface area (Å²) in [5, 5.41) is 4.54. The highest BCUT2D eigenvalue weighted by molar-refractivity contribution is 5.91. The zero-order chi connectivity index (χ0) is 17.8. The third-order valence-electron chi connectivity index (χ3n) is 3.63. The van der Waals surface area contributed by atoms with Gasteiger partial charge in [-0.05, 0) is 24.3 Å². The summed E-state index contributed by atoms with van der Waals surface area (Å²) >= 11 is 0. The lowest BCUT2D eigenvalue weighted by Gasteiger charge is -2.13. The van der Waals surface area contributed by atoms with Crippen molar-refractivity contribution in [2.75, 3.05) is 23.3 Å². The number of carbonyl (C=O) groups excluding carboxylic acids is 2. The van der Waals surface area contributed by atoms with Crippen LogP contribution in [-0.2, 0) is 4.74 Å². The normalized spacial score (nSPS) is 16.5. The average Bonchev–Trinajstić information content (AvgIpc) is 2.98. The molecule has 0 radical (unpaired) electrons. The van der Waals surface area contributed by atoms with Crippen molar-refractivity contribution in [3.63, 3.8) is 0 Å². The minimum atomic E-state index is -0.877. The van der Waals surface area contributed by atoms with Crippen molar-refractivity contribution >= 4 is 23.5 Å². The lowest BCUT2D eigenvalue weighted by molar-refractivity contribution is 0.141. The number of carbonyl (C=O) groups is 2. The van der Waals surface area contributed by atoms with E-state index < -0.39 is 35.6 Å². The molecular weight excluding hydrogens is 332 g/mol. The number of halogens is 2. The number of rotatable bonds is 4. The number of amides is 3. The molecular formula is C17H15F2N3O3. The molecule has 0 spiro atoms. The second-order valence-corrected chi connectivity index (χ2v) is 5.38. The smallest absolute Gasteiger partial charge is 0.414 e. The van der Waals surface area contributed by atoms with Crippen LogP contribution >= 0.6 is 0 Å². The van der Waals surface area contributed by atoms with Crippen LogP contribution in [0.4, 0.5) is 29.7 Å². The zero-order valence-corrected chi connectivity index (χ0v) is 13.0. The minimum Gasteiger partial charge on any atom is -0.442 e. The number of benzene rings is 2. The Morgan fingerprint density at radius 2 is 1.80 bits per heavy atom. The fraction of sp³-hybridized carbons (Fsp3) is 0.176. The zero-order valence-electron chi connectivity index (χ0n) is 13.0. The van der Waals surface area contributed by atoms with E-state index in [1.54, 1.807) is 24.3 Å². The Morgan fingerprint density at radius 1 is 1.12 bits per heavy atom. The van der Waals surface area contributed by atoms with E-state index in [4.69, 9.17) is 4.74 Å². The summed E-state index contributed by atoms with van der Waals surface area (Å²) in [6.45, 7) is 0.272. The second-order valence-electron chi connectivity index (χ2n) is 5.38. The summed E-state index contributed by atoms with van der Waals surface area (Å²) in [4.78, 5) is 25.1. The van der Waals surface area contributed by atoms with E-state index in [0.717, 1.165) is 12.1 Å². The average molecular weight is 347 g/mol. The van der Waals surface area contributed by atoms with E-state index in [0.29, 0.717) is 5.69 Å². The molecule has 0 bridgehead atoms. The van der Waals surface area contributed by atoms with E-state index in [-0.39, 0.29) is 13.1 Å². The van der Waals surface area contributed by atoms with Crippen LogP contribution in [-0.4, -0.2) is 31.3 Å². The van der Waals surface area contributed by atoms with Crippen molar-refractivity contribution in [3.05, 3.63) is 60.2 Å². The lowest BCUT2D eigenvalue weighted by atomic mass is 10.2. The fourth-order valence-corrected chi connectivity index (χ4v) is 2.43. The molecule has 25 heavy (non-hydrogen) atoms. The number of cyclic esters (lactones) is 1. The third kappa shape index (κ3) is 3.85. The van der Waals surface area contributed by atoms with E-state index in [1.165, 1.54) is 11.0 Å².